The number of carboxylic acids is 1. The summed E-state index contributed by atoms with van der Waals surface area (Å²) in [5.74, 6) is -0.598. The number of benzene rings is 1. The molecule has 0 aliphatic carbocycles. The first-order chi connectivity index (χ1) is 9.11. The Morgan fingerprint density at radius 1 is 1.42 bits per heavy atom. The SMILES string of the molecule is CCc1ccccc1Nc1cc(C(=O)O)c(N)cn1. The van der Waals surface area contributed by atoms with Crippen molar-refractivity contribution in [2.75, 3.05) is 11.1 Å². The predicted octanol–water partition coefficient (Wildman–Crippen LogP) is 2.67. The van der Waals surface area contributed by atoms with Gasteiger partial charge >= 0.3 is 5.97 Å². The van der Waals surface area contributed by atoms with Crippen molar-refractivity contribution >= 4 is 23.2 Å². The molecule has 2 rings (SSSR count). The average molecular weight is 257 g/mol. The number of carboxylic acid groups (broad SMARTS) is 1. The van der Waals surface area contributed by atoms with Gasteiger partial charge in [-0.2, -0.15) is 0 Å². The summed E-state index contributed by atoms with van der Waals surface area (Å²) in [7, 11) is 0. The molecule has 5 heteroatoms. The molecular formula is C14H15N3O2. The minimum atomic E-state index is -1.06. The third-order valence-corrected chi connectivity index (χ3v) is 2.83. The number of aromatic nitrogens is 1. The highest BCUT2D eigenvalue weighted by Gasteiger charge is 2.10. The Labute approximate surface area is 111 Å². The molecule has 0 amide bonds. The lowest BCUT2D eigenvalue weighted by Crippen LogP contribution is -2.05. The predicted molar refractivity (Wildman–Crippen MR) is 74.7 cm³/mol. The molecule has 0 aliphatic heterocycles. The molecule has 19 heavy (non-hydrogen) atoms. The Balaban J connectivity index is 2.33. The smallest absolute Gasteiger partial charge is 0.337 e. The second kappa shape index (κ2) is 5.39. The lowest BCUT2D eigenvalue weighted by Gasteiger charge is -2.11. The van der Waals surface area contributed by atoms with E-state index in [1.54, 1.807) is 0 Å². The fourth-order valence-electron chi connectivity index (χ4n) is 1.81. The highest BCUT2D eigenvalue weighted by Crippen LogP contribution is 2.22. The maximum absolute atomic E-state index is 11.0. The Bertz CT molecular complexity index is 611. The third-order valence-electron chi connectivity index (χ3n) is 2.83. The van der Waals surface area contributed by atoms with E-state index in [0.717, 1.165) is 17.7 Å². The van der Waals surface area contributed by atoms with Crippen molar-refractivity contribution < 1.29 is 9.90 Å². The van der Waals surface area contributed by atoms with Gasteiger partial charge in [-0.1, -0.05) is 25.1 Å². The molecule has 0 saturated carbocycles. The molecule has 5 nitrogen and oxygen atoms in total. The van der Waals surface area contributed by atoms with Crippen LogP contribution in [0.15, 0.2) is 36.5 Å². The molecule has 1 heterocycles. The number of nitrogens with zero attached hydrogens (tertiary/aromatic N) is 1. The fourth-order valence-corrected chi connectivity index (χ4v) is 1.81. The lowest BCUT2D eigenvalue weighted by atomic mass is 10.1. The van der Waals surface area contributed by atoms with E-state index >= 15 is 0 Å². The van der Waals surface area contributed by atoms with Crippen LogP contribution in [0.1, 0.15) is 22.8 Å². The van der Waals surface area contributed by atoms with Gasteiger partial charge in [-0.05, 0) is 24.1 Å². The van der Waals surface area contributed by atoms with E-state index < -0.39 is 5.97 Å². The maximum Gasteiger partial charge on any atom is 0.337 e. The van der Waals surface area contributed by atoms with Gasteiger partial charge in [0.1, 0.15) is 5.82 Å². The number of rotatable bonds is 4. The molecular weight excluding hydrogens is 242 g/mol. The number of hydrogen-bond acceptors (Lipinski definition) is 4. The molecule has 0 saturated heterocycles. The molecule has 0 aliphatic rings. The van der Waals surface area contributed by atoms with Crippen molar-refractivity contribution in [1.29, 1.82) is 0 Å². The Morgan fingerprint density at radius 2 is 2.16 bits per heavy atom. The zero-order valence-electron chi connectivity index (χ0n) is 10.6. The normalized spacial score (nSPS) is 10.2. The summed E-state index contributed by atoms with van der Waals surface area (Å²) in [5.41, 5.74) is 7.82. The number of nitrogens with two attached hydrogens (primary N) is 1. The van der Waals surface area contributed by atoms with Gasteiger partial charge in [0.15, 0.2) is 0 Å². The van der Waals surface area contributed by atoms with E-state index in [-0.39, 0.29) is 11.3 Å². The standard InChI is InChI=1S/C14H15N3O2/c1-2-9-5-3-4-6-12(9)17-13-7-10(14(18)19)11(15)8-16-13/h3-8H,2,15H2,1H3,(H,16,17)(H,18,19). The number of hydrogen-bond donors (Lipinski definition) is 3. The van der Waals surface area contributed by atoms with E-state index in [1.807, 2.05) is 24.3 Å². The Kier molecular flexibility index (Phi) is 3.66. The highest BCUT2D eigenvalue weighted by atomic mass is 16.4. The largest absolute Gasteiger partial charge is 0.478 e. The van der Waals surface area contributed by atoms with Crippen LogP contribution in [-0.2, 0) is 6.42 Å². The van der Waals surface area contributed by atoms with Gasteiger partial charge < -0.3 is 16.2 Å². The molecule has 1 aromatic carbocycles. The second-order valence-corrected chi connectivity index (χ2v) is 4.10. The topological polar surface area (TPSA) is 88.2 Å². The number of carbonyl (C=O) groups is 1. The number of pyridine rings is 1. The summed E-state index contributed by atoms with van der Waals surface area (Å²) in [4.78, 5) is 15.1. The zero-order valence-corrected chi connectivity index (χ0v) is 10.6. The van der Waals surface area contributed by atoms with Crippen molar-refractivity contribution in [2.45, 2.75) is 13.3 Å². The first kappa shape index (κ1) is 12.9. The lowest BCUT2D eigenvalue weighted by molar-refractivity contribution is 0.0698. The van der Waals surface area contributed by atoms with Gasteiger partial charge in [0.25, 0.3) is 0 Å². The number of para-hydroxylation sites is 1. The quantitative estimate of drug-likeness (QED) is 0.783. The van der Waals surface area contributed by atoms with Gasteiger partial charge in [-0.3, -0.25) is 0 Å². The highest BCUT2D eigenvalue weighted by molar-refractivity contribution is 5.94. The number of aromatic carboxylic acids is 1. The summed E-state index contributed by atoms with van der Waals surface area (Å²) >= 11 is 0. The van der Waals surface area contributed by atoms with Gasteiger partial charge in [-0.25, -0.2) is 9.78 Å². The van der Waals surface area contributed by atoms with Crippen molar-refractivity contribution in [3.63, 3.8) is 0 Å². The van der Waals surface area contributed by atoms with Gasteiger partial charge in [-0.15, -0.1) is 0 Å². The van der Waals surface area contributed by atoms with Crippen LogP contribution in [0.4, 0.5) is 17.2 Å². The van der Waals surface area contributed by atoms with Crippen LogP contribution in [-0.4, -0.2) is 16.1 Å². The maximum atomic E-state index is 11.0. The van der Waals surface area contributed by atoms with E-state index in [1.165, 1.54) is 12.3 Å². The molecule has 0 radical (unpaired) electrons. The van der Waals surface area contributed by atoms with Crippen LogP contribution in [0.2, 0.25) is 0 Å². The van der Waals surface area contributed by atoms with Crippen LogP contribution in [0.5, 0.6) is 0 Å². The van der Waals surface area contributed by atoms with Crippen molar-refractivity contribution in [3.05, 3.63) is 47.7 Å². The van der Waals surface area contributed by atoms with Crippen LogP contribution in [0, 0.1) is 0 Å². The molecule has 4 N–H and O–H groups in total. The summed E-state index contributed by atoms with van der Waals surface area (Å²) in [6.45, 7) is 2.06. The molecule has 2 aromatic rings. The number of aryl methyl sites for hydroxylation is 1. The minimum absolute atomic E-state index is 0.0477. The van der Waals surface area contributed by atoms with Crippen molar-refractivity contribution in [3.8, 4) is 0 Å². The van der Waals surface area contributed by atoms with E-state index in [9.17, 15) is 4.79 Å². The van der Waals surface area contributed by atoms with Crippen LogP contribution in [0.3, 0.4) is 0 Å². The summed E-state index contributed by atoms with van der Waals surface area (Å²) in [6, 6.07) is 9.25. The van der Waals surface area contributed by atoms with E-state index in [2.05, 4.69) is 17.2 Å². The zero-order chi connectivity index (χ0) is 13.8. The number of nitrogen functional groups attached to an aromatic ring is 1. The van der Waals surface area contributed by atoms with Gasteiger partial charge in [0.05, 0.1) is 17.4 Å². The van der Waals surface area contributed by atoms with Gasteiger partial charge in [0, 0.05) is 5.69 Å². The molecule has 0 spiro atoms. The summed E-state index contributed by atoms with van der Waals surface area (Å²) in [5, 5.41) is 12.1. The van der Waals surface area contributed by atoms with Crippen LogP contribution < -0.4 is 11.1 Å². The Hall–Kier alpha value is -2.56. The van der Waals surface area contributed by atoms with Crippen LogP contribution in [0.25, 0.3) is 0 Å². The van der Waals surface area contributed by atoms with Crippen LogP contribution >= 0.6 is 0 Å². The van der Waals surface area contributed by atoms with Crippen molar-refractivity contribution in [2.24, 2.45) is 0 Å². The van der Waals surface area contributed by atoms with E-state index in [0.29, 0.717) is 5.82 Å². The average Bonchev–Trinajstić information content (AvgIpc) is 2.41. The molecule has 0 bridgehead atoms. The summed E-state index contributed by atoms with van der Waals surface area (Å²) in [6.07, 6.45) is 2.23. The van der Waals surface area contributed by atoms with Gasteiger partial charge in [0.2, 0.25) is 0 Å². The first-order valence-electron chi connectivity index (χ1n) is 5.95. The third kappa shape index (κ3) is 2.82. The molecule has 0 unspecified atom stereocenters. The monoisotopic (exact) mass is 257 g/mol. The molecule has 1 aromatic heterocycles. The molecule has 0 fully saturated rings. The number of nitrogens with one attached hydrogen (secondary N) is 1. The summed E-state index contributed by atoms with van der Waals surface area (Å²) < 4.78 is 0. The Morgan fingerprint density at radius 3 is 2.84 bits per heavy atom. The molecule has 98 valence electrons. The van der Waals surface area contributed by atoms with Crippen molar-refractivity contribution in [1.82, 2.24) is 4.98 Å². The number of anilines is 3. The minimum Gasteiger partial charge on any atom is -0.478 e. The molecule has 0 atom stereocenters. The first-order valence-corrected chi connectivity index (χ1v) is 5.95. The fraction of sp³-hybridized carbons (Fsp3) is 0.143. The van der Waals surface area contributed by atoms with E-state index in [4.69, 9.17) is 10.8 Å². The second-order valence-electron chi connectivity index (χ2n) is 4.10.